The molecule has 1 aromatic carbocycles. The van der Waals surface area contributed by atoms with E-state index in [1.54, 1.807) is 11.0 Å². The van der Waals surface area contributed by atoms with Crippen LogP contribution in [0.4, 0.5) is 24.0 Å². The quantitative estimate of drug-likeness (QED) is 0.648. The topological polar surface area (TPSA) is 40.5 Å². The number of thiazole rings is 1. The Morgan fingerprint density at radius 3 is 2.67 bits per heavy atom. The highest BCUT2D eigenvalue weighted by Gasteiger charge is 2.35. The predicted octanol–water partition coefficient (Wildman–Crippen LogP) is 4.52. The molecule has 0 aliphatic carbocycles. The molecule has 0 amide bonds. The molecular weight excluding hydrogens is 337 g/mol. The van der Waals surface area contributed by atoms with E-state index in [0.29, 0.717) is 23.8 Å². The molecule has 8 heteroatoms. The number of aryl methyl sites for hydroxylation is 1. The number of hydrazone groups is 1. The summed E-state index contributed by atoms with van der Waals surface area (Å²) in [6.07, 6.45) is -1.16. The molecule has 1 saturated heterocycles. The van der Waals surface area contributed by atoms with Gasteiger partial charge in [-0.1, -0.05) is 6.07 Å². The van der Waals surface area contributed by atoms with Crippen LogP contribution in [0, 0.1) is 6.92 Å². The minimum Gasteiger partial charge on any atom is -0.371 e. The van der Waals surface area contributed by atoms with E-state index in [4.69, 9.17) is 0 Å². The monoisotopic (exact) mass is 354 g/mol. The highest BCUT2D eigenvalue weighted by atomic mass is 32.1. The van der Waals surface area contributed by atoms with Crippen LogP contribution in [-0.4, -0.2) is 24.3 Å². The number of nitrogens with one attached hydrogen (secondary N) is 1. The minimum absolute atomic E-state index is 0.251. The summed E-state index contributed by atoms with van der Waals surface area (Å²) < 4.78 is 40.1. The Kier molecular flexibility index (Phi) is 4.75. The Labute approximate surface area is 142 Å². The zero-order chi connectivity index (χ0) is 17.2. The van der Waals surface area contributed by atoms with Crippen LogP contribution in [0.15, 0.2) is 28.7 Å². The minimum atomic E-state index is -4.39. The molecule has 0 unspecified atom stereocenters. The number of halogens is 3. The highest BCUT2D eigenvalue weighted by molar-refractivity contribution is 7.13. The fourth-order valence-electron chi connectivity index (χ4n) is 2.66. The van der Waals surface area contributed by atoms with Crippen molar-refractivity contribution in [2.24, 2.45) is 5.10 Å². The second-order valence-electron chi connectivity index (χ2n) is 5.63. The van der Waals surface area contributed by atoms with Crippen LogP contribution in [0.3, 0.4) is 0 Å². The largest absolute Gasteiger partial charge is 0.418 e. The first-order valence-electron chi connectivity index (χ1n) is 7.61. The molecule has 24 heavy (non-hydrogen) atoms. The van der Waals surface area contributed by atoms with Gasteiger partial charge in [-0.2, -0.15) is 18.3 Å². The average Bonchev–Trinajstić information content (AvgIpc) is 3.18. The molecule has 1 fully saturated rings. The van der Waals surface area contributed by atoms with Crippen molar-refractivity contribution in [1.29, 1.82) is 0 Å². The summed E-state index contributed by atoms with van der Waals surface area (Å²) in [5.74, 6) is 0. The van der Waals surface area contributed by atoms with Crippen molar-refractivity contribution in [2.75, 3.05) is 23.4 Å². The molecule has 1 aromatic heterocycles. The van der Waals surface area contributed by atoms with Gasteiger partial charge in [0.2, 0.25) is 5.13 Å². The van der Waals surface area contributed by atoms with Crippen LogP contribution in [0.1, 0.15) is 29.7 Å². The zero-order valence-corrected chi connectivity index (χ0v) is 13.9. The number of rotatable bonds is 4. The maximum atomic E-state index is 13.4. The van der Waals surface area contributed by atoms with Crippen LogP contribution >= 0.6 is 11.3 Å². The van der Waals surface area contributed by atoms with Crippen LogP contribution in [0.2, 0.25) is 0 Å². The van der Waals surface area contributed by atoms with Gasteiger partial charge in [0.1, 0.15) is 0 Å². The third kappa shape index (κ3) is 3.87. The molecule has 1 aliphatic rings. The molecule has 0 atom stereocenters. The number of aromatic nitrogens is 1. The third-order valence-corrected chi connectivity index (χ3v) is 4.63. The normalized spacial score (nSPS) is 15.4. The number of hydrogen-bond donors (Lipinski definition) is 1. The van der Waals surface area contributed by atoms with Crippen LogP contribution in [0.5, 0.6) is 0 Å². The first-order valence-corrected chi connectivity index (χ1v) is 8.49. The van der Waals surface area contributed by atoms with Gasteiger partial charge in [0, 0.05) is 24.2 Å². The Bertz CT molecular complexity index is 733. The van der Waals surface area contributed by atoms with Gasteiger partial charge in [-0.05, 0) is 37.5 Å². The maximum Gasteiger partial charge on any atom is 0.418 e. The van der Waals surface area contributed by atoms with Gasteiger partial charge in [-0.3, -0.25) is 5.43 Å². The SMILES string of the molecule is Cc1csc(NN=Cc2ccc(N3CCCC3)c(C(F)(F)F)c2)n1. The molecule has 2 aromatic rings. The molecule has 1 aliphatic heterocycles. The van der Waals surface area contributed by atoms with E-state index in [2.05, 4.69) is 15.5 Å². The number of nitrogens with zero attached hydrogens (tertiary/aromatic N) is 3. The number of hydrogen-bond acceptors (Lipinski definition) is 5. The lowest BCUT2D eigenvalue weighted by Crippen LogP contribution is -2.22. The summed E-state index contributed by atoms with van der Waals surface area (Å²) in [6, 6.07) is 4.33. The number of anilines is 2. The van der Waals surface area contributed by atoms with Gasteiger partial charge < -0.3 is 4.90 Å². The molecule has 4 nitrogen and oxygen atoms in total. The van der Waals surface area contributed by atoms with E-state index in [0.717, 1.165) is 24.6 Å². The number of benzene rings is 1. The van der Waals surface area contributed by atoms with Crippen LogP contribution in [0.25, 0.3) is 0 Å². The zero-order valence-electron chi connectivity index (χ0n) is 13.1. The summed E-state index contributed by atoms with van der Waals surface area (Å²) in [5, 5.41) is 6.44. The van der Waals surface area contributed by atoms with E-state index >= 15 is 0 Å². The predicted molar refractivity (Wildman–Crippen MR) is 91.0 cm³/mol. The molecule has 0 bridgehead atoms. The third-order valence-electron chi connectivity index (χ3n) is 3.77. The van der Waals surface area contributed by atoms with Crippen molar-refractivity contribution < 1.29 is 13.2 Å². The van der Waals surface area contributed by atoms with E-state index < -0.39 is 11.7 Å². The van der Waals surface area contributed by atoms with Crippen molar-refractivity contribution in [3.8, 4) is 0 Å². The Morgan fingerprint density at radius 2 is 2.04 bits per heavy atom. The van der Waals surface area contributed by atoms with Crippen molar-refractivity contribution in [2.45, 2.75) is 25.9 Å². The van der Waals surface area contributed by atoms with Crippen LogP contribution < -0.4 is 10.3 Å². The lowest BCUT2D eigenvalue weighted by atomic mass is 10.1. The first kappa shape index (κ1) is 16.8. The molecule has 0 spiro atoms. The molecule has 3 rings (SSSR count). The first-order chi connectivity index (χ1) is 11.4. The van der Waals surface area contributed by atoms with Crippen molar-refractivity contribution in [1.82, 2.24) is 4.98 Å². The lowest BCUT2D eigenvalue weighted by molar-refractivity contribution is -0.137. The smallest absolute Gasteiger partial charge is 0.371 e. The molecular formula is C16H17F3N4S. The highest BCUT2D eigenvalue weighted by Crippen LogP contribution is 2.38. The second-order valence-corrected chi connectivity index (χ2v) is 6.49. The second kappa shape index (κ2) is 6.80. The van der Waals surface area contributed by atoms with E-state index in [1.807, 2.05) is 12.3 Å². The average molecular weight is 354 g/mol. The van der Waals surface area contributed by atoms with E-state index in [9.17, 15) is 13.2 Å². The summed E-state index contributed by atoms with van der Waals surface area (Å²) in [4.78, 5) is 5.96. The molecule has 0 radical (unpaired) electrons. The lowest BCUT2D eigenvalue weighted by Gasteiger charge is -2.23. The van der Waals surface area contributed by atoms with Crippen molar-refractivity contribution in [3.05, 3.63) is 40.4 Å². The van der Waals surface area contributed by atoms with E-state index in [1.165, 1.54) is 23.6 Å². The van der Waals surface area contributed by atoms with Gasteiger partial charge in [-0.25, -0.2) is 4.98 Å². The molecule has 128 valence electrons. The Hall–Kier alpha value is -2.09. The molecule has 1 N–H and O–H groups in total. The van der Waals surface area contributed by atoms with Gasteiger partial charge in [-0.15, -0.1) is 11.3 Å². The Balaban J connectivity index is 1.81. The van der Waals surface area contributed by atoms with Crippen LogP contribution in [-0.2, 0) is 6.18 Å². The van der Waals surface area contributed by atoms with E-state index in [-0.39, 0.29) is 5.69 Å². The van der Waals surface area contributed by atoms with Gasteiger partial charge in [0.05, 0.1) is 17.5 Å². The standard InChI is InChI=1S/C16H17F3N4S/c1-11-10-24-15(21-11)22-20-9-12-4-5-14(23-6-2-3-7-23)13(8-12)16(17,18)19/h4-5,8-10H,2-3,6-7H2,1H3,(H,21,22). The maximum absolute atomic E-state index is 13.4. The summed E-state index contributed by atoms with van der Waals surface area (Å²) in [7, 11) is 0. The Morgan fingerprint density at radius 1 is 1.29 bits per heavy atom. The molecule has 0 saturated carbocycles. The van der Waals surface area contributed by atoms with Crippen molar-refractivity contribution >= 4 is 28.4 Å². The fraction of sp³-hybridized carbons (Fsp3) is 0.375. The summed E-state index contributed by atoms with van der Waals surface area (Å²) in [6.45, 7) is 3.20. The van der Waals surface area contributed by atoms with Gasteiger partial charge in [0.15, 0.2) is 0 Å². The fourth-order valence-corrected chi connectivity index (χ4v) is 3.30. The van der Waals surface area contributed by atoms with Gasteiger partial charge in [0.25, 0.3) is 0 Å². The summed E-state index contributed by atoms with van der Waals surface area (Å²) in [5.41, 5.74) is 3.63. The van der Waals surface area contributed by atoms with Crippen molar-refractivity contribution in [3.63, 3.8) is 0 Å². The number of alkyl halides is 3. The van der Waals surface area contributed by atoms with Gasteiger partial charge >= 0.3 is 6.18 Å². The summed E-state index contributed by atoms with van der Waals surface area (Å²) >= 11 is 1.39. The molecule has 2 heterocycles.